The van der Waals surface area contributed by atoms with E-state index in [2.05, 4.69) is 5.10 Å². The van der Waals surface area contributed by atoms with Gasteiger partial charge in [-0.15, -0.1) is 0 Å². The molecule has 1 rings (SSSR count). The summed E-state index contributed by atoms with van der Waals surface area (Å²) in [7, 11) is 1.67. The van der Waals surface area contributed by atoms with Crippen LogP contribution in [0.2, 0.25) is 0 Å². The molecule has 0 fully saturated rings. The zero-order chi connectivity index (χ0) is 9.14. The first-order chi connectivity index (χ1) is 5.65. The van der Waals surface area contributed by atoms with Crippen molar-refractivity contribution in [2.24, 2.45) is 12.8 Å². The monoisotopic (exact) mass is 170 g/mol. The van der Waals surface area contributed by atoms with Crippen molar-refractivity contribution in [1.82, 2.24) is 14.3 Å². The van der Waals surface area contributed by atoms with Crippen LogP contribution in [0.1, 0.15) is 13.3 Å². The minimum Gasteiger partial charge on any atom is -0.326 e. The van der Waals surface area contributed by atoms with Crippen LogP contribution in [0.4, 0.5) is 0 Å². The van der Waals surface area contributed by atoms with E-state index in [0.717, 1.165) is 6.42 Å². The van der Waals surface area contributed by atoms with Crippen LogP contribution in [0.3, 0.4) is 0 Å². The number of nitrogens with two attached hydrogens (primary N) is 1. The highest BCUT2D eigenvalue weighted by atomic mass is 16.2. The Hall–Kier alpha value is -1.10. The summed E-state index contributed by atoms with van der Waals surface area (Å²) in [6, 6.07) is 0.0117. The first-order valence-electron chi connectivity index (χ1n) is 3.99. The van der Waals surface area contributed by atoms with Gasteiger partial charge < -0.3 is 5.73 Å². The van der Waals surface area contributed by atoms with E-state index in [9.17, 15) is 4.79 Å². The fourth-order valence-corrected chi connectivity index (χ4v) is 0.897. The van der Waals surface area contributed by atoms with Crippen molar-refractivity contribution in [3.8, 4) is 0 Å². The van der Waals surface area contributed by atoms with Crippen LogP contribution in [-0.2, 0) is 13.6 Å². The summed E-state index contributed by atoms with van der Waals surface area (Å²) in [5.74, 6) is 0. The lowest BCUT2D eigenvalue weighted by atomic mass is 10.2. The van der Waals surface area contributed by atoms with Crippen LogP contribution in [0.25, 0.3) is 0 Å². The van der Waals surface area contributed by atoms with E-state index < -0.39 is 0 Å². The van der Waals surface area contributed by atoms with E-state index in [1.165, 1.54) is 15.6 Å². The van der Waals surface area contributed by atoms with Crippen LogP contribution >= 0.6 is 0 Å². The fourth-order valence-electron chi connectivity index (χ4n) is 0.897. The predicted octanol–water partition coefficient (Wildman–Crippen LogP) is -0.681. The Balaban J connectivity index is 2.76. The summed E-state index contributed by atoms with van der Waals surface area (Å²) < 4.78 is 2.82. The first-order valence-corrected chi connectivity index (χ1v) is 3.99. The Morgan fingerprint density at radius 3 is 2.83 bits per heavy atom. The van der Waals surface area contributed by atoms with Gasteiger partial charge in [0.05, 0.1) is 6.54 Å². The molecular formula is C7H14N4O. The quantitative estimate of drug-likeness (QED) is 0.653. The lowest BCUT2D eigenvalue weighted by Crippen LogP contribution is -2.32. The topological polar surface area (TPSA) is 65.8 Å². The van der Waals surface area contributed by atoms with Crippen LogP contribution in [0, 0.1) is 0 Å². The smallest absolute Gasteiger partial charge is 0.326 e. The largest absolute Gasteiger partial charge is 0.345 e. The van der Waals surface area contributed by atoms with Gasteiger partial charge in [0.15, 0.2) is 0 Å². The van der Waals surface area contributed by atoms with E-state index in [1.54, 1.807) is 7.05 Å². The molecule has 0 amide bonds. The summed E-state index contributed by atoms with van der Waals surface area (Å²) in [5, 5.41) is 3.89. The normalized spacial score (nSPS) is 13.2. The molecule has 0 bridgehead atoms. The first kappa shape index (κ1) is 8.99. The van der Waals surface area contributed by atoms with Crippen LogP contribution in [-0.4, -0.2) is 20.4 Å². The Kier molecular flexibility index (Phi) is 2.65. The number of aromatic nitrogens is 3. The molecule has 5 heteroatoms. The van der Waals surface area contributed by atoms with Crippen molar-refractivity contribution < 1.29 is 0 Å². The van der Waals surface area contributed by atoms with E-state index in [1.807, 2.05) is 6.92 Å². The van der Waals surface area contributed by atoms with Crippen molar-refractivity contribution in [2.75, 3.05) is 0 Å². The number of rotatable bonds is 3. The van der Waals surface area contributed by atoms with Gasteiger partial charge in [0.1, 0.15) is 6.33 Å². The average molecular weight is 170 g/mol. The molecule has 0 spiro atoms. The minimum atomic E-state index is -0.112. The van der Waals surface area contributed by atoms with Crippen molar-refractivity contribution in [2.45, 2.75) is 25.9 Å². The number of hydrogen-bond acceptors (Lipinski definition) is 3. The molecule has 0 saturated heterocycles. The van der Waals surface area contributed by atoms with Crippen LogP contribution in [0.5, 0.6) is 0 Å². The molecule has 1 atom stereocenters. The molecule has 0 radical (unpaired) electrons. The van der Waals surface area contributed by atoms with Crippen molar-refractivity contribution >= 4 is 0 Å². The molecule has 68 valence electrons. The maximum Gasteiger partial charge on any atom is 0.345 e. The molecule has 0 aliphatic rings. The number of nitrogens with zero attached hydrogens (tertiary/aromatic N) is 3. The Bertz CT molecular complexity index is 301. The van der Waals surface area contributed by atoms with Gasteiger partial charge in [-0.3, -0.25) is 4.57 Å². The lowest BCUT2D eigenvalue weighted by molar-refractivity contribution is 0.485. The van der Waals surface area contributed by atoms with E-state index in [-0.39, 0.29) is 11.7 Å². The van der Waals surface area contributed by atoms with Gasteiger partial charge in [-0.2, -0.15) is 5.10 Å². The van der Waals surface area contributed by atoms with Crippen LogP contribution < -0.4 is 11.4 Å². The van der Waals surface area contributed by atoms with Gasteiger partial charge in [-0.1, -0.05) is 6.92 Å². The SMILES string of the molecule is CCC(N)Cn1ncn(C)c1=O. The Morgan fingerprint density at radius 1 is 1.75 bits per heavy atom. The number of hydrogen-bond donors (Lipinski definition) is 1. The van der Waals surface area contributed by atoms with Crippen molar-refractivity contribution in [3.63, 3.8) is 0 Å². The molecule has 1 aromatic rings. The summed E-state index contributed by atoms with van der Waals surface area (Å²) in [5.41, 5.74) is 5.56. The predicted molar refractivity (Wildman–Crippen MR) is 45.7 cm³/mol. The second-order valence-corrected chi connectivity index (χ2v) is 2.87. The molecule has 12 heavy (non-hydrogen) atoms. The molecule has 5 nitrogen and oxygen atoms in total. The van der Waals surface area contributed by atoms with Crippen molar-refractivity contribution in [1.29, 1.82) is 0 Å². The molecule has 0 aliphatic heterocycles. The zero-order valence-electron chi connectivity index (χ0n) is 7.40. The molecule has 0 aromatic carbocycles. The van der Waals surface area contributed by atoms with Gasteiger partial charge in [-0.05, 0) is 6.42 Å². The molecule has 1 heterocycles. The minimum absolute atomic E-state index is 0.0117. The zero-order valence-corrected chi connectivity index (χ0v) is 7.40. The second kappa shape index (κ2) is 3.53. The third-order valence-corrected chi connectivity index (χ3v) is 1.82. The van der Waals surface area contributed by atoms with Crippen LogP contribution in [0.15, 0.2) is 11.1 Å². The van der Waals surface area contributed by atoms with Gasteiger partial charge in [0, 0.05) is 13.1 Å². The summed E-state index contributed by atoms with van der Waals surface area (Å²) in [4.78, 5) is 11.2. The molecule has 1 aromatic heterocycles. The summed E-state index contributed by atoms with van der Waals surface area (Å²) in [6.07, 6.45) is 2.34. The summed E-state index contributed by atoms with van der Waals surface area (Å²) in [6.45, 7) is 2.48. The molecule has 0 aliphatic carbocycles. The van der Waals surface area contributed by atoms with Gasteiger partial charge in [0.2, 0.25) is 0 Å². The summed E-state index contributed by atoms with van der Waals surface area (Å²) >= 11 is 0. The van der Waals surface area contributed by atoms with Gasteiger partial charge in [0.25, 0.3) is 0 Å². The third-order valence-electron chi connectivity index (χ3n) is 1.82. The maximum absolute atomic E-state index is 11.2. The highest BCUT2D eigenvalue weighted by Crippen LogP contribution is 1.88. The molecule has 2 N–H and O–H groups in total. The van der Waals surface area contributed by atoms with E-state index >= 15 is 0 Å². The Labute approximate surface area is 70.8 Å². The van der Waals surface area contributed by atoms with E-state index in [4.69, 9.17) is 5.73 Å². The molecule has 1 unspecified atom stereocenters. The standard InChI is InChI=1S/C7H14N4O/c1-3-6(8)4-11-7(12)10(2)5-9-11/h5-6H,3-4,8H2,1-2H3. The highest BCUT2D eigenvalue weighted by Gasteiger charge is 2.05. The van der Waals surface area contributed by atoms with Crippen molar-refractivity contribution in [3.05, 3.63) is 16.8 Å². The highest BCUT2D eigenvalue weighted by molar-refractivity contribution is 4.68. The van der Waals surface area contributed by atoms with Gasteiger partial charge >= 0.3 is 5.69 Å². The van der Waals surface area contributed by atoms with Gasteiger partial charge in [-0.25, -0.2) is 9.48 Å². The molecule has 0 saturated carbocycles. The lowest BCUT2D eigenvalue weighted by Gasteiger charge is -2.06. The molecular weight excluding hydrogens is 156 g/mol. The fraction of sp³-hybridized carbons (Fsp3) is 0.714. The maximum atomic E-state index is 11.2. The van der Waals surface area contributed by atoms with E-state index in [0.29, 0.717) is 6.54 Å². The average Bonchev–Trinajstić information content (AvgIpc) is 2.36. The number of aryl methyl sites for hydroxylation is 1. The third kappa shape index (κ3) is 1.73. The Morgan fingerprint density at radius 2 is 2.42 bits per heavy atom. The second-order valence-electron chi connectivity index (χ2n) is 2.87.